The van der Waals surface area contributed by atoms with Gasteiger partial charge in [-0.2, -0.15) is 0 Å². The highest BCUT2D eigenvalue weighted by Gasteiger charge is 2.18. The second-order valence-corrected chi connectivity index (χ2v) is 8.81. The van der Waals surface area contributed by atoms with Crippen LogP contribution in [0.2, 0.25) is 0 Å². The van der Waals surface area contributed by atoms with Crippen LogP contribution >= 0.6 is 27.7 Å². The Morgan fingerprint density at radius 1 is 0.967 bits per heavy atom. The first-order chi connectivity index (χ1) is 14.3. The predicted octanol–water partition coefficient (Wildman–Crippen LogP) is 5.75. The van der Waals surface area contributed by atoms with Crippen molar-refractivity contribution >= 4 is 50.9 Å². The normalized spacial score (nSPS) is 10.5. The maximum Gasteiger partial charge on any atom is 0.258 e. The van der Waals surface area contributed by atoms with Crippen LogP contribution in [-0.2, 0) is 4.79 Å². The number of hydrogen-bond acceptors (Lipinski definition) is 4. The molecule has 0 fully saturated rings. The molecule has 0 saturated carbocycles. The molecule has 0 radical (unpaired) electrons. The fraction of sp³-hybridized carbons (Fsp3) is 0.174. The number of amides is 2. The lowest BCUT2D eigenvalue weighted by atomic mass is 10.1. The summed E-state index contributed by atoms with van der Waals surface area (Å²) in [6, 6.07) is 16.9. The summed E-state index contributed by atoms with van der Waals surface area (Å²) < 4.78 is 0.943. The van der Waals surface area contributed by atoms with Gasteiger partial charge in [-0.25, -0.2) is 4.98 Å². The first-order valence-electron chi connectivity index (χ1n) is 9.36. The quantitative estimate of drug-likeness (QED) is 0.437. The number of nitrogens with one attached hydrogen (secondary N) is 2. The number of halogens is 1. The number of nitrogens with zero attached hydrogens (tertiary/aromatic N) is 1. The van der Waals surface area contributed by atoms with Gasteiger partial charge in [0.2, 0.25) is 5.91 Å². The maximum atomic E-state index is 13.0. The minimum absolute atomic E-state index is 0.149. The molecule has 0 saturated heterocycles. The third-order valence-corrected chi connectivity index (χ3v) is 5.79. The Bertz CT molecular complexity index is 1080. The highest BCUT2D eigenvalue weighted by Crippen LogP contribution is 2.26. The van der Waals surface area contributed by atoms with Crippen LogP contribution in [0.4, 0.5) is 11.4 Å². The van der Waals surface area contributed by atoms with E-state index in [1.165, 1.54) is 11.8 Å². The van der Waals surface area contributed by atoms with Crippen molar-refractivity contribution in [3.8, 4) is 0 Å². The third-order valence-electron chi connectivity index (χ3n) is 4.28. The number of pyridine rings is 1. The zero-order valence-electron chi connectivity index (χ0n) is 17.0. The standard InChI is InChI=1S/C23H22BrN3O2S/c1-14-5-4-6-19(11-14)27-22(29)21-15(2)12-16(3)25-23(21)30-13-20(28)26-18-9-7-17(24)8-10-18/h4-12H,13H2,1-3H3,(H,26,28)(H,27,29). The second-order valence-electron chi connectivity index (χ2n) is 6.93. The molecule has 30 heavy (non-hydrogen) atoms. The van der Waals surface area contributed by atoms with E-state index in [1.807, 2.05) is 75.4 Å². The van der Waals surface area contributed by atoms with Crippen LogP contribution in [0.5, 0.6) is 0 Å². The Morgan fingerprint density at radius 2 is 1.70 bits per heavy atom. The molecule has 3 rings (SSSR count). The van der Waals surface area contributed by atoms with Crippen molar-refractivity contribution in [2.75, 3.05) is 16.4 Å². The molecule has 0 bridgehead atoms. The lowest BCUT2D eigenvalue weighted by Crippen LogP contribution is -2.18. The van der Waals surface area contributed by atoms with Gasteiger partial charge in [-0.3, -0.25) is 9.59 Å². The molecule has 7 heteroatoms. The summed E-state index contributed by atoms with van der Waals surface area (Å²) in [6.45, 7) is 5.73. The number of carbonyl (C=O) groups excluding carboxylic acids is 2. The number of hydrogen-bond donors (Lipinski definition) is 2. The Balaban J connectivity index is 1.74. The zero-order valence-corrected chi connectivity index (χ0v) is 19.4. The molecule has 3 aromatic rings. The largest absolute Gasteiger partial charge is 0.325 e. The molecule has 0 aliphatic carbocycles. The minimum Gasteiger partial charge on any atom is -0.325 e. The molecule has 1 aromatic heterocycles. The van der Waals surface area contributed by atoms with Crippen LogP contribution in [0.25, 0.3) is 0 Å². The minimum atomic E-state index is -0.235. The van der Waals surface area contributed by atoms with E-state index in [9.17, 15) is 9.59 Å². The highest BCUT2D eigenvalue weighted by molar-refractivity contribution is 9.10. The number of rotatable bonds is 6. The molecule has 0 aliphatic heterocycles. The molecule has 154 valence electrons. The van der Waals surface area contributed by atoms with E-state index in [-0.39, 0.29) is 17.6 Å². The molecule has 1 heterocycles. The van der Waals surface area contributed by atoms with E-state index in [2.05, 4.69) is 31.5 Å². The smallest absolute Gasteiger partial charge is 0.258 e. The topological polar surface area (TPSA) is 71.1 Å². The zero-order chi connectivity index (χ0) is 21.7. The molecule has 2 amide bonds. The number of carbonyl (C=O) groups is 2. The second kappa shape index (κ2) is 9.91. The lowest BCUT2D eigenvalue weighted by molar-refractivity contribution is -0.113. The maximum absolute atomic E-state index is 13.0. The van der Waals surface area contributed by atoms with Gasteiger partial charge < -0.3 is 10.6 Å². The summed E-state index contributed by atoms with van der Waals surface area (Å²) in [4.78, 5) is 29.9. The van der Waals surface area contributed by atoms with Crippen LogP contribution in [0, 0.1) is 20.8 Å². The highest BCUT2D eigenvalue weighted by atomic mass is 79.9. The number of aryl methyl sites for hydroxylation is 3. The monoisotopic (exact) mass is 483 g/mol. The average molecular weight is 484 g/mol. The summed E-state index contributed by atoms with van der Waals surface area (Å²) in [7, 11) is 0. The van der Waals surface area contributed by atoms with E-state index in [0.29, 0.717) is 10.6 Å². The van der Waals surface area contributed by atoms with Gasteiger partial charge >= 0.3 is 0 Å². The molecule has 5 nitrogen and oxygen atoms in total. The van der Waals surface area contributed by atoms with Gasteiger partial charge in [0.25, 0.3) is 5.91 Å². The van der Waals surface area contributed by atoms with E-state index < -0.39 is 0 Å². The Kier molecular flexibility index (Phi) is 7.29. The molecular formula is C23H22BrN3O2S. The molecule has 0 atom stereocenters. The summed E-state index contributed by atoms with van der Waals surface area (Å²) in [6.07, 6.45) is 0. The van der Waals surface area contributed by atoms with E-state index in [1.54, 1.807) is 0 Å². The fourth-order valence-corrected chi connectivity index (χ4v) is 4.17. The Hall–Kier alpha value is -2.64. The number of anilines is 2. The fourth-order valence-electron chi connectivity index (χ4n) is 2.96. The van der Waals surface area contributed by atoms with Crippen LogP contribution in [0.1, 0.15) is 27.2 Å². The first kappa shape index (κ1) is 22.1. The number of thioether (sulfide) groups is 1. The molecule has 2 aromatic carbocycles. The van der Waals surface area contributed by atoms with Gasteiger partial charge in [0.15, 0.2) is 0 Å². The van der Waals surface area contributed by atoms with E-state index in [4.69, 9.17) is 0 Å². The Morgan fingerprint density at radius 3 is 2.40 bits per heavy atom. The van der Waals surface area contributed by atoms with Gasteiger partial charge in [-0.1, -0.05) is 39.8 Å². The van der Waals surface area contributed by atoms with Crippen molar-refractivity contribution < 1.29 is 9.59 Å². The molecular weight excluding hydrogens is 462 g/mol. The number of aromatic nitrogens is 1. The Labute approximate surface area is 188 Å². The van der Waals surface area contributed by atoms with Crippen molar-refractivity contribution in [2.45, 2.75) is 25.8 Å². The number of benzene rings is 2. The summed E-state index contributed by atoms with van der Waals surface area (Å²) >= 11 is 4.63. The van der Waals surface area contributed by atoms with E-state index in [0.717, 1.165) is 32.7 Å². The van der Waals surface area contributed by atoms with Crippen molar-refractivity contribution in [1.82, 2.24) is 4.98 Å². The molecule has 0 unspecified atom stereocenters. The SMILES string of the molecule is Cc1cccc(NC(=O)c2c(C)cc(C)nc2SCC(=O)Nc2ccc(Br)cc2)c1. The van der Waals surface area contributed by atoms with Crippen LogP contribution in [-0.4, -0.2) is 22.6 Å². The first-order valence-corrected chi connectivity index (χ1v) is 11.1. The van der Waals surface area contributed by atoms with Crippen molar-refractivity contribution in [3.05, 3.63) is 81.5 Å². The summed E-state index contributed by atoms with van der Waals surface area (Å²) in [5.41, 5.74) is 4.62. The van der Waals surface area contributed by atoms with Gasteiger partial charge in [0.05, 0.1) is 11.3 Å². The molecule has 0 spiro atoms. The van der Waals surface area contributed by atoms with Crippen LogP contribution < -0.4 is 10.6 Å². The van der Waals surface area contributed by atoms with Crippen molar-refractivity contribution in [2.24, 2.45) is 0 Å². The van der Waals surface area contributed by atoms with Crippen LogP contribution in [0.15, 0.2) is 64.1 Å². The average Bonchev–Trinajstić information content (AvgIpc) is 2.67. The predicted molar refractivity (Wildman–Crippen MR) is 126 cm³/mol. The molecule has 0 aliphatic rings. The van der Waals surface area contributed by atoms with Crippen molar-refractivity contribution in [1.29, 1.82) is 0 Å². The third kappa shape index (κ3) is 5.93. The lowest BCUT2D eigenvalue weighted by Gasteiger charge is -2.13. The van der Waals surface area contributed by atoms with Gasteiger partial charge in [0.1, 0.15) is 5.03 Å². The van der Waals surface area contributed by atoms with E-state index >= 15 is 0 Å². The van der Waals surface area contributed by atoms with Gasteiger partial charge in [-0.15, -0.1) is 0 Å². The van der Waals surface area contributed by atoms with Gasteiger partial charge in [0, 0.05) is 21.5 Å². The summed E-state index contributed by atoms with van der Waals surface area (Å²) in [5.74, 6) is -0.244. The van der Waals surface area contributed by atoms with Gasteiger partial charge in [-0.05, 0) is 74.4 Å². The van der Waals surface area contributed by atoms with Crippen LogP contribution in [0.3, 0.4) is 0 Å². The summed E-state index contributed by atoms with van der Waals surface area (Å²) in [5, 5.41) is 6.33. The van der Waals surface area contributed by atoms with Crippen molar-refractivity contribution in [3.63, 3.8) is 0 Å². The molecule has 2 N–H and O–H groups in total.